The lowest BCUT2D eigenvalue weighted by atomic mass is 10.2. The molecule has 1 aromatic heterocycles. The molecule has 0 spiro atoms. The summed E-state index contributed by atoms with van der Waals surface area (Å²) in [4.78, 5) is 15.5. The average Bonchev–Trinajstić information content (AvgIpc) is 2.07. The molecular formula is C9H6INO2. The highest BCUT2D eigenvalue weighted by atomic mass is 127. The van der Waals surface area contributed by atoms with Crippen LogP contribution in [0.4, 0.5) is 0 Å². The van der Waals surface area contributed by atoms with Crippen molar-refractivity contribution in [3.05, 3.63) is 38.1 Å². The number of benzene rings is 1. The van der Waals surface area contributed by atoms with E-state index in [4.69, 9.17) is 4.42 Å². The van der Waals surface area contributed by atoms with Crippen molar-refractivity contribution in [2.75, 3.05) is 0 Å². The predicted molar refractivity (Wildman–Crippen MR) is 57.7 cm³/mol. The summed E-state index contributed by atoms with van der Waals surface area (Å²) >= 11 is 1.89. The quantitative estimate of drug-likeness (QED) is 0.697. The number of hydrogen-bond acceptors (Lipinski definition) is 3. The van der Waals surface area contributed by atoms with Crippen LogP contribution in [0.15, 0.2) is 27.4 Å². The monoisotopic (exact) mass is 287 g/mol. The lowest BCUT2D eigenvalue weighted by molar-refractivity contribution is 0.469. The van der Waals surface area contributed by atoms with E-state index in [1.807, 2.05) is 41.6 Å². The molecule has 0 aliphatic carbocycles. The number of fused-ring (bicyclic) bond motifs is 1. The number of halogens is 1. The fourth-order valence-corrected chi connectivity index (χ4v) is 1.66. The molecule has 0 amide bonds. The van der Waals surface area contributed by atoms with Crippen LogP contribution >= 0.6 is 22.6 Å². The molecule has 2 rings (SSSR count). The van der Waals surface area contributed by atoms with Crippen LogP contribution in [0.5, 0.6) is 0 Å². The highest BCUT2D eigenvalue weighted by Crippen LogP contribution is 2.13. The number of aryl methyl sites for hydroxylation is 1. The van der Waals surface area contributed by atoms with Crippen molar-refractivity contribution in [3.8, 4) is 0 Å². The van der Waals surface area contributed by atoms with Crippen LogP contribution in [0.1, 0.15) is 5.56 Å². The molecule has 0 saturated heterocycles. The summed E-state index contributed by atoms with van der Waals surface area (Å²) < 4.78 is 5.24. The van der Waals surface area contributed by atoms with Crippen molar-refractivity contribution in [2.45, 2.75) is 6.92 Å². The van der Waals surface area contributed by atoms with Gasteiger partial charge in [-0.1, -0.05) is 12.1 Å². The lowest BCUT2D eigenvalue weighted by Crippen LogP contribution is -2.03. The number of nitrogens with zero attached hydrogens (tertiary/aromatic N) is 1. The highest BCUT2D eigenvalue weighted by Gasteiger charge is 2.04. The van der Waals surface area contributed by atoms with Gasteiger partial charge in [0.1, 0.15) is 0 Å². The zero-order valence-corrected chi connectivity index (χ0v) is 9.03. The Morgan fingerprint density at radius 1 is 1.46 bits per heavy atom. The van der Waals surface area contributed by atoms with Gasteiger partial charge in [0.2, 0.25) is 0 Å². The molecule has 66 valence electrons. The SMILES string of the molecule is Cc1cccc2c(=O)oc(I)nc12. The van der Waals surface area contributed by atoms with Gasteiger partial charge >= 0.3 is 5.63 Å². The van der Waals surface area contributed by atoms with Gasteiger partial charge < -0.3 is 4.42 Å². The van der Waals surface area contributed by atoms with E-state index in [0.29, 0.717) is 9.28 Å². The Kier molecular flexibility index (Phi) is 2.07. The second kappa shape index (κ2) is 3.10. The first-order valence-electron chi connectivity index (χ1n) is 3.74. The Bertz CT molecular complexity index is 518. The van der Waals surface area contributed by atoms with Crippen molar-refractivity contribution in [1.82, 2.24) is 4.98 Å². The predicted octanol–water partition coefficient (Wildman–Crippen LogP) is 2.10. The maximum absolute atomic E-state index is 11.3. The molecule has 0 fully saturated rings. The molecule has 13 heavy (non-hydrogen) atoms. The number of aromatic nitrogens is 1. The third-order valence-corrected chi connectivity index (χ3v) is 2.30. The molecule has 0 unspecified atom stereocenters. The molecule has 0 radical (unpaired) electrons. The molecule has 1 heterocycles. The maximum Gasteiger partial charge on any atom is 0.347 e. The van der Waals surface area contributed by atoms with E-state index in [1.165, 1.54) is 0 Å². The minimum atomic E-state index is -0.321. The normalized spacial score (nSPS) is 10.6. The van der Waals surface area contributed by atoms with Crippen LogP contribution in [0.25, 0.3) is 10.9 Å². The lowest BCUT2D eigenvalue weighted by Gasteiger charge is -1.98. The second-order valence-electron chi connectivity index (χ2n) is 2.73. The Hall–Kier alpha value is -0.910. The van der Waals surface area contributed by atoms with Gasteiger partial charge in [0.05, 0.1) is 10.9 Å². The van der Waals surface area contributed by atoms with Crippen LogP contribution in [-0.2, 0) is 0 Å². The Balaban J connectivity index is 3.03. The third-order valence-electron chi connectivity index (χ3n) is 1.83. The van der Waals surface area contributed by atoms with Gasteiger partial charge in [0.25, 0.3) is 3.90 Å². The highest BCUT2D eigenvalue weighted by molar-refractivity contribution is 14.1. The standard InChI is InChI=1S/C9H6INO2/c1-5-3-2-4-6-7(5)11-9(10)13-8(6)12/h2-4H,1H3. The molecule has 0 bridgehead atoms. The molecule has 0 aliphatic rings. The number of hydrogen-bond donors (Lipinski definition) is 0. The number of rotatable bonds is 0. The summed E-state index contributed by atoms with van der Waals surface area (Å²) in [6.45, 7) is 1.92. The van der Waals surface area contributed by atoms with Crippen molar-refractivity contribution in [3.63, 3.8) is 0 Å². The van der Waals surface area contributed by atoms with Gasteiger partial charge in [-0.15, -0.1) is 0 Å². The van der Waals surface area contributed by atoms with Gasteiger partial charge in [-0.25, -0.2) is 9.78 Å². The first-order chi connectivity index (χ1) is 6.18. The Labute approximate surface area is 87.9 Å². The molecule has 1 aromatic carbocycles. The molecular weight excluding hydrogens is 281 g/mol. The van der Waals surface area contributed by atoms with E-state index in [-0.39, 0.29) is 5.63 Å². The van der Waals surface area contributed by atoms with Crippen molar-refractivity contribution < 1.29 is 4.42 Å². The fourth-order valence-electron chi connectivity index (χ4n) is 1.21. The molecule has 0 atom stereocenters. The van der Waals surface area contributed by atoms with Gasteiger partial charge in [-0.2, -0.15) is 0 Å². The van der Waals surface area contributed by atoms with Gasteiger partial charge in [0.15, 0.2) is 0 Å². The minimum absolute atomic E-state index is 0.321. The summed E-state index contributed by atoms with van der Waals surface area (Å²) in [5.41, 5.74) is 1.39. The summed E-state index contributed by atoms with van der Waals surface area (Å²) in [7, 11) is 0. The molecule has 2 aromatic rings. The summed E-state index contributed by atoms with van der Waals surface area (Å²) in [6, 6.07) is 5.46. The van der Waals surface area contributed by atoms with Crippen molar-refractivity contribution in [1.29, 1.82) is 0 Å². The summed E-state index contributed by atoms with van der Waals surface area (Å²) in [6.07, 6.45) is 0. The molecule has 0 aliphatic heterocycles. The van der Waals surface area contributed by atoms with Gasteiger partial charge in [-0.3, -0.25) is 0 Å². The first-order valence-corrected chi connectivity index (χ1v) is 4.82. The second-order valence-corrected chi connectivity index (χ2v) is 3.65. The third kappa shape index (κ3) is 1.46. The van der Waals surface area contributed by atoms with Crippen LogP contribution in [0.3, 0.4) is 0 Å². The first kappa shape index (κ1) is 8.68. The van der Waals surface area contributed by atoms with Crippen LogP contribution < -0.4 is 5.63 Å². The minimum Gasteiger partial charge on any atom is -0.398 e. The zero-order chi connectivity index (χ0) is 9.42. The van der Waals surface area contributed by atoms with Crippen molar-refractivity contribution >= 4 is 33.5 Å². The molecule has 3 nitrogen and oxygen atoms in total. The van der Waals surface area contributed by atoms with E-state index in [2.05, 4.69) is 4.98 Å². The maximum atomic E-state index is 11.3. The summed E-state index contributed by atoms with van der Waals surface area (Å²) in [5.74, 6) is 0. The fraction of sp³-hybridized carbons (Fsp3) is 0.111. The average molecular weight is 287 g/mol. The van der Waals surface area contributed by atoms with E-state index >= 15 is 0 Å². The van der Waals surface area contributed by atoms with E-state index in [1.54, 1.807) is 6.07 Å². The number of para-hydroxylation sites is 1. The molecule has 4 heteroatoms. The Morgan fingerprint density at radius 3 is 3.00 bits per heavy atom. The largest absolute Gasteiger partial charge is 0.398 e. The summed E-state index contributed by atoms with van der Waals surface area (Å²) in [5, 5.41) is 0.542. The van der Waals surface area contributed by atoms with E-state index in [9.17, 15) is 4.79 Å². The topological polar surface area (TPSA) is 43.1 Å². The smallest absolute Gasteiger partial charge is 0.347 e. The zero-order valence-electron chi connectivity index (χ0n) is 6.87. The van der Waals surface area contributed by atoms with Gasteiger partial charge in [0, 0.05) is 22.6 Å². The van der Waals surface area contributed by atoms with Crippen molar-refractivity contribution in [2.24, 2.45) is 0 Å². The van der Waals surface area contributed by atoms with Crippen LogP contribution in [-0.4, -0.2) is 4.98 Å². The molecule has 0 N–H and O–H groups in total. The van der Waals surface area contributed by atoms with Gasteiger partial charge in [-0.05, 0) is 18.6 Å². The van der Waals surface area contributed by atoms with Crippen LogP contribution in [0, 0.1) is 10.8 Å². The Morgan fingerprint density at radius 2 is 2.23 bits per heavy atom. The van der Waals surface area contributed by atoms with E-state index < -0.39 is 0 Å². The molecule has 0 saturated carbocycles. The van der Waals surface area contributed by atoms with Crippen LogP contribution in [0.2, 0.25) is 0 Å². The van der Waals surface area contributed by atoms with E-state index in [0.717, 1.165) is 11.1 Å².